The molecule has 4 nitrogen and oxygen atoms in total. The first-order valence-corrected chi connectivity index (χ1v) is 5.45. The maximum atomic E-state index is 5.55. The third-order valence-corrected chi connectivity index (χ3v) is 3.01. The molecule has 1 aliphatic carbocycles. The second kappa shape index (κ2) is 3.38. The number of nitrogens with two attached hydrogens (primary N) is 1. The highest BCUT2D eigenvalue weighted by Crippen LogP contribution is 2.34. The van der Waals surface area contributed by atoms with Gasteiger partial charge in [0, 0.05) is 11.6 Å². The lowest BCUT2D eigenvalue weighted by Gasteiger charge is -2.39. The molecule has 0 amide bonds. The number of aromatic nitrogens is 2. The molecule has 0 spiro atoms. The van der Waals surface area contributed by atoms with Gasteiger partial charge in [-0.2, -0.15) is 4.98 Å². The van der Waals surface area contributed by atoms with Gasteiger partial charge in [0.2, 0.25) is 5.95 Å². The minimum Gasteiger partial charge on any atom is -0.368 e. The Morgan fingerprint density at radius 2 is 2.21 bits per heavy atom. The van der Waals surface area contributed by atoms with Gasteiger partial charge in [0.15, 0.2) is 0 Å². The Kier molecular flexibility index (Phi) is 2.34. The zero-order valence-electron chi connectivity index (χ0n) is 8.05. The molecule has 0 unspecified atom stereocenters. The zero-order chi connectivity index (χ0) is 10.2. The van der Waals surface area contributed by atoms with Gasteiger partial charge in [-0.3, -0.25) is 0 Å². The molecule has 5 heteroatoms. The molecule has 76 valence electrons. The van der Waals surface area contributed by atoms with Crippen LogP contribution in [0.5, 0.6) is 0 Å². The van der Waals surface area contributed by atoms with Gasteiger partial charge in [0.25, 0.3) is 0 Å². The van der Waals surface area contributed by atoms with Crippen molar-refractivity contribution < 1.29 is 0 Å². The molecular formula is C9H13BrN4. The summed E-state index contributed by atoms with van der Waals surface area (Å²) < 4.78 is 0.718. The molecule has 14 heavy (non-hydrogen) atoms. The van der Waals surface area contributed by atoms with Crippen LogP contribution in [-0.4, -0.2) is 15.5 Å². The van der Waals surface area contributed by atoms with Crippen LogP contribution in [0.2, 0.25) is 0 Å². The molecule has 1 fully saturated rings. The van der Waals surface area contributed by atoms with Crippen molar-refractivity contribution in [1.82, 2.24) is 9.97 Å². The van der Waals surface area contributed by atoms with E-state index in [2.05, 4.69) is 38.1 Å². The van der Waals surface area contributed by atoms with E-state index in [9.17, 15) is 0 Å². The normalized spacial score (nSPS) is 18.7. The van der Waals surface area contributed by atoms with Crippen molar-refractivity contribution in [3.05, 3.63) is 10.7 Å². The average Bonchev–Trinajstić information content (AvgIpc) is 1.99. The summed E-state index contributed by atoms with van der Waals surface area (Å²) in [5.41, 5.74) is 5.74. The first kappa shape index (κ1) is 9.71. The molecule has 1 aliphatic rings. The second-order valence-corrected chi connectivity index (χ2v) is 4.79. The van der Waals surface area contributed by atoms with Crippen LogP contribution in [0.3, 0.4) is 0 Å². The molecule has 1 heterocycles. The topological polar surface area (TPSA) is 63.8 Å². The third kappa shape index (κ3) is 1.97. The van der Waals surface area contributed by atoms with Crippen molar-refractivity contribution in [1.29, 1.82) is 0 Å². The van der Waals surface area contributed by atoms with Crippen molar-refractivity contribution in [3.8, 4) is 0 Å². The van der Waals surface area contributed by atoms with Crippen LogP contribution in [0.25, 0.3) is 0 Å². The van der Waals surface area contributed by atoms with Crippen LogP contribution in [-0.2, 0) is 0 Å². The quantitative estimate of drug-likeness (QED) is 0.797. The summed E-state index contributed by atoms with van der Waals surface area (Å²) in [6, 6.07) is 1.85. The van der Waals surface area contributed by atoms with Crippen molar-refractivity contribution in [2.45, 2.75) is 31.7 Å². The molecule has 1 aromatic heterocycles. The second-order valence-electron chi connectivity index (χ2n) is 3.97. The number of nitrogens with zero attached hydrogens (tertiary/aromatic N) is 2. The maximum Gasteiger partial charge on any atom is 0.223 e. The predicted octanol–water partition coefficient (Wildman–Crippen LogP) is 2.18. The standard InChI is InChI=1S/C9H13BrN4/c1-9(3-2-4-9)14-7-5-6(10)12-8(11)13-7/h5H,2-4H2,1H3,(H3,11,12,13,14). The first-order chi connectivity index (χ1) is 6.57. The van der Waals surface area contributed by atoms with Gasteiger partial charge in [-0.05, 0) is 42.1 Å². The Labute approximate surface area is 91.4 Å². The van der Waals surface area contributed by atoms with Crippen LogP contribution >= 0.6 is 15.9 Å². The Balaban J connectivity index is 2.16. The Bertz CT molecular complexity index is 328. The summed E-state index contributed by atoms with van der Waals surface area (Å²) in [6.07, 6.45) is 3.66. The number of hydrogen-bond donors (Lipinski definition) is 2. The molecule has 3 N–H and O–H groups in total. The molecule has 0 bridgehead atoms. The fraction of sp³-hybridized carbons (Fsp3) is 0.556. The van der Waals surface area contributed by atoms with Crippen molar-refractivity contribution in [2.75, 3.05) is 11.1 Å². The number of halogens is 1. The monoisotopic (exact) mass is 256 g/mol. The van der Waals surface area contributed by atoms with Gasteiger partial charge in [0.05, 0.1) is 0 Å². The fourth-order valence-electron chi connectivity index (χ4n) is 1.64. The minimum absolute atomic E-state index is 0.195. The summed E-state index contributed by atoms with van der Waals surface area (Å²) in [4.78, 5) is 8.08. The molecule has 0 aliphatic heterocycles. The van der Waals surface area contributed by atoms with Gasteiger partial charge in [-0.15, -0.1) is 0 Å². The van der Waals surface area contributed by atoms with E-state index in [1.807, 2.05) is 6.07 Å². The largest absolute Gasteiger partial charge is 0.368 e. The third-order valence-electron chi connectivity index (χ3n) is 2.60. The van der Waals surface area contributed by atoms with Crippen LogP contribution in [0.1, 0.15) is 26.2 Å². The molecule has 0 atom stereocenters. The highest BCUT2D eigenvalue weighted by Gasteiger charge is 2.31. The van der Waals surface area contributed by atoms with E-state index in [4.69, 9.17) is 5.73 Å². The van der Waals surface area contributed by atoms with E-state index in [0.29, 0.717) is 5.95 Å². The zero-order valence-corrected chi connectivity index (χ0v) is 9.63. The fourth-order valence-corrected chi connectivity index (χ4v) is 2.04. The van der Waals surface area contributed by atoms with Gasteiger partial charge in [-0.1, -0.05) is 0 Å². The SMILES string of the molecule is CC1(Nc2cc(Br)nc(N)n2)CCC1. The van der Waals surface area contributed by atoms with E-state index in [1.54, 1.807) is 0 Å². The van der Waals surface area contributed by atoms with Crippen LogP contribution < -0.4 is 11.1 Å². The number of nitrogens with one attached hydrogen (secondary N) is 1. The summed E-state index contributed by atoms with van der Waals surface area (Å²) in [6.45, 7) is 2.20. The molecule has 1 aromatic rings. The van der Waals surface area contributed by atoms with Crippen LogP contribution in [0.4, 0.5) is 11.8 Å². The van der Waals surface area contributed by atoms with Crippen molar-refractivity contribution in [2.24, 2.45) is 0 Å². The molecule has 0 aromatic carbocycles. The summed E-state index contributed by atoms with van der Waals surface area (Å²) >= 11 is 3.29. The minimum atomic E-state index is 0.195. The van der Waals surface area contributed by atoms with Gasteiger partial charge < -0.3 is 11.1 Å². The van der Waals surface area contributed by atoms with Crippen molar-refractivity contribution >= 4 is 27.7 Å². The van der Waals surface area contributed by atoms with E-state index in [-0.39, 0.29) is 5.54 Å². The van der Waals surface area contributed by atoms with E-state index >= 15 is 0 Å². The molecule has 1 saturated carbocycles. The van der Waals surface area contributed by atoms with Crippen LogP contribution in [0, 0.1) is 0 Å². The number of hydrogen-bond acceptors (Lipinski definition) is 4. The maximum absolute atomic E-state index is 5.55. The number of rotatable bonds is 2. The van der Waals surface area contributed by atoms with E-state index in [0.717, 1.165) is 10.4 Å². The Hall–Kier alpha value is -0.840. The van der Waals surface area contributed by atoms with E-state index in [1.165, 1.54) is 19.3 Å². The predicted molar refractivity (Wildman–Crippen MR) is 60.0 cm³/mol. The Morgan fingerprint density at radius 3 is 2.71 bits per heavy atom. The molecule has 0 saturated heterocycles. The van der Waals surface area contributed by atoms with Crippen molar-refractivity contribution in [3.63, 3.8) is 0 Å². The smallest absolute Gasteiger partial charge is 0.223 e. The lowest BCUT2D eigenvalue weighted by Crippen LogP contribution is -2.41. The first-order valence-electron chi connectivity index (χ1n) is 4.66. The Morgan fingerprint density at radius 1 is 1.50 bits per heavy atom. The summed E-state index contributed by atoms with van der Waals surface area (Å²) in [5.74, 6) is 1.09. The van der Waals surface area contributed by atoms with Gasteiger partial charge in [0.1, 0.15) is 10.4 Å². The molecule has 2 rings (SSSR count). The molecule has 0 radical (unpaired) electrons. The van der Waals surface area contributed by atoms with Gasteiger partial charge in [-0.25, -0.2) is 4.98 Å². The lowest BCUT2D eigenvalue weighted by atomic mass is 9.78. The summed E-state index contributed by atoms with van der Waals surface area (Å²) in [7, 11) is 0. The van der Waals surface area contributed by atoms with E-state index < -0.39 is 0 Å². The number of nitrogen functional groups attached to an aromatic ring is 1. The molecular weight excluding hydrogens is 244 g/mol. The van der Waals surface area contributed by atoms with Crippen LogP contribution in [0.15, 0.2) is 10.7 Å². The highest BCUT2D eigenvalue weighted by atomic mass is 79.9. The lowest BCUT2D eigenvalue weighted by molar-refractivity contribution is 0.306. The number of anilines is 2. The average molecular weight is 257 g/mol. The van der Waals surface area contributed by atoms with Gasteiger partial charge >= 0.3 is 0 Å². The summed E-state index contributed by atoms with van der Waals surface area (Å²) in [5, 5.41) is 3.38. The highest BCUT2D eigenvalue weighted by molar-refractivity contribution is 9.10.